The molecule has 2 aliphatic rings. The molecule has 1 aromatic carbocycles. The Bertz CT molecular complexity index is 616. The number of hydrogen-bond acceptors (Lipinski definition) is 5. The summed E-state index contributed by atoms with van der Waals surface area (Å²) in [6.07, 6.45) is 3.50. The van der Waals surface area contributed by atoms with Gasteiger partial charge in [-0.25, -0.2) is 0 Å². The number of benzene rings is 1. The Balaban J connectivity index is 1.49. The zero-order valence-electron chi connectivity index (χ0n) is 16.4. The van der Waals surface area contributed by atoms with E-state index in [2.05, 4.69) is 29.4 Å². The van der Waals surface area contributed by atoms with Crippen molar-refractivity contribution >= 4 is 5.91 Å². The fourth-order valence-corrected chi connectivity index (χ4v) is 4.06. The van der Waals surface area contributed by atoms with Gasteiger partial charge in [-0.05, 0) is 44.7 Å². The van der Waals surface area contributed by atoms with Crippen LogP contribution in [0.15, 0.2) is 30.3 Å². The second-order valence-electron chi connectivity index (χ2n) is 8.29. The number of nitrogens with one attached hydrogen (secondary N) is 1. The molecule has 0 spiro atoms. The van der Waals surface area contributed by atoms with Crippen LogP contribution in [0.5, 0.6) is 0 Å². The first-order valence-electron chi connectivity index (χ1n) is 10.1. The van der Waals surface area contributed by atoms with E-state index >= 15 is 0 Å². The van der Waals surface area contributed by atoms with E-state index in [0.717, 1.165) is 25.9 Å². The molecule has 0 saturated carbocycles. The van der Waals surface area contributed by atoms with Crippen molar-refractivity contribution in [3.05, 3.63) is 35.9 Å². The number of aliphatic hydroxyl groups is 2. The van der Waals surface area contributed by atoms with Crippen LogP contribution in [0.4, 0.5) is 0 Å². The van der Waals surface area contributed by atoms with Gasteiger partial charge in [-0.2, -0.15) is 0 Å². The van der Waals surface area contributed by atoms with E-state index in [1.165, 1.54) is 5.56 Å². The van der Waals surface area contributed by atoms with Gasteiger partial charge >= 0.3 is 0 Å². The van der Waals surface area contributed by atoms with Crippen molar-refractivity contribution < 1.29 is 15.0 Å². The molecular weight excluding hydrogens is 342 g/mol. The summed E-state index contributed by atoms with van der Waals surface area (Å²) in [6, 6.07) is 10.1. The summed E-state index contributed by atoms with van der Waals surface area (Å²) in [4.78, 5) is 16.8. The molecule has 1 aromatic rings. The Morgan fingerprint density at radius 1 is 1.04 bits per heavy atom. The van der Waals surface area contributed by atoms with Gasteiger partial charge in [0.05, 0.1) is 5.60 Å². The van der Waals surface area contributed by atoms with Gasteiger partial charge in [0.2, 0.25) is 0 Å². The smallest absolute Gasteiger partial charge is 0.255 e. The molecule has 2 heterocycles. The maximum absolute atomic E-state index is 12.8. The van der Waals surface area contributed by atoms with Crippen molar-refractivity contribution in [1.82, 2.24) is 15.1 Å². The topological polar surface area (TPSA) is 76.0 Å². The second kappa shape index (κ2) is 8.69. The van der Waals surface area contributed by atoms with E-state index in [0.29, 0.717) is 38.9 Å². The van der Waals surface area contributed by atoms with Crippen molar-refractivity contribution in [2.75, 3.05) is 46.3 Å². The highest BCUT2D eigenvalue weighted by Gasteiger charge is 2.42. The van der Waals surface area contributed by atoms with Gasteiger partial charge in [-0.3, -0.25) is 4.79 Å². The van der Waals surface area contributed by atoms with Crippen LogP contribution in [0.3, 0.4) is 0 Å². The van der Waals surface area contributed by atoms with E-state index in [1.807, 2.05) is 18.2 Å². The minimum absolute atomic E-state index is 0.187. The fourth-order valence-electron chi connectivity index (χ4n) is 4.06. The largest absolute Gasteiger partial charge is 0.388 e. The number of likely N-dealkylation sites (tertiary alicyclic amines) is 2. The molecule has 3 N–H and O–H groups in total. The molecule has 0 unspecified atom stereocenters. The molecular formula is C21H33N3O3. The van der Waals surface area contributed by atoms with Crippen LogP contribution in [0, 0.1) is 0 Å². The van der Waals surface area contributed by atoms with Crippen molar-refractivity contribution in [3.8, 4) is 0 Å². The molecule has 0 aliphatic carbocycles. The lowest BCUT2D eigenvalue weighted by Gasteiger charge is -2.40. The van der Waals surface area contributed by atoms with Crippen LogP contribution >= 0.6 is 0 Å². The van der Waals surface area contributed by atoms with Crippen molar-refractivity contribution in [1.29, 1.82) is 0 Å². The SMILES string of the molecule is CN1CCC(O)(CNC[C@@]2(O)CCCN(CCc3ccccc3)C2=O)CC1. The van der Waals surface area contributed by atoms with Crippen LogP contribution in [0.2, 0.25) is 0 Å². The van der Waals surface area contributed by atoms with E-state index in [-0.39, 0.29) is 12.5 Å². The maximum Gasteiger partial charge on any atom is 0.255 e. The Hall–Kier alpha value is -1.47. The van der Waals surface area contributed by atoms with E-state index in [4.69, 9.17) is 0 Å². The highest BCUT2D eigenvalue weighted by Crippen LogP contribution is 2.24. The molecule has 2 aliphatic heterocycles. The molecule has 6 heteroatoms. The van der Waals surface area contributed by atoms with Crippen LogP contribution in [0.25, 0.3) is 0 Å². The molecule has 0 aromatic heterocycles. The molecule has 1 atom stereocenters. The summed E-state index contributed by atoms with van der Waals surface area (Å²) in [7, 11) is 2.06. The number of carbonyl (C=O) groups is 1. The molecule has 0 radical (unpaired) electrons. The summed E-state index contributed by atoms with van der Waals surface area (Å²) < 4.78 is 0. The summed E-state index contributed by atoms with van der Waals surface area (Å²) >= 11 is 0. The van der Waals surface area contributed by atoms with Gasteiger partial charge in [-0.15, -0.1) is 0 Å². The number of nitrogens with zero attached hydrogens (tertiary/aromatic N) is 2. The lowest BCUT2D eigenvalue weighted by atomic mass is 9.89. The van der Waals surface area contributed by atoms with Crippen LogP contribution in [0.1, 0.15) is 31.2 Å². The van der Waals surface area contributed by atoms with E-state index in [9.17, 15) is 15.0 Å². The quantitative estimate of drug-likeness (QED) is 0.652. The Morgan fingerprint density at radius 3 is 2.44 bits per heavy atom. The number of rotatable bonds is 7. The summed E-state index contributed by atoms with van der Waals surface area (Å²) in [5.74, 6) is -0.187. The average molecular weight is 376 g/mol. The molecule has 1 amide bonds. The third-order valence-corrected chi connectivity index (χ3v) is 6.01. The minimum Gasteiger partial charge on any atom is -0.388 e. The lowest BCUT2D eigenvalue weighted by Crippen LogP contribution is -2.59. The molecule has 6 nitrogen and oxygen atoms in total. The number of amides is 1. The van der Waals surface area contributed by atoms with Gasteiger partial charge in [0.1, 0.15) is 0 Å². The first kappa shape index (κ1) is 20.3. The molecule has 27 heavy (non-hydrogen) atoms. The van der Waals surface area contributed by atoms with E-state index < -0.39 is 11.2 Å². The Kier molecular flexibility index (Phi) is 6.52. The third-order valence-electron chi connectivity index (χ3n) is 6.01. The zero-order chi connectivity index (χ0) is 19.3. The minimum atomic E-state index is -1.36. The standard InChI is InChI=1S/C21H33N3O3/c1-23-14-10-20(26,11-15-23)16-22-17-21(27)9-5-12-24(19(21)25)13-8-18-6-3-2-4-7-18/h2-4,6-7,22,26-27H,5,8-17H2,1H3/t21-/m0/s1. The first-order chi connectivity index (χ1) is 12.9. The summed E-state index contributed by atoms with van der Waals surface area (Å²) in [5, 5.41) is 24.8. The van der Waals surface area contributed by atoms with Gasteiger partial charge in [0, 0.05) is 39.3 Å². The monoisotopic (exact) mass is 375 g/mol. The average Bonchev–Trinajstić information content (AvgIpc) is 2.67. The molecule has 2 fully saturated rings. The van der Waals surface area contributed by atoms with Crippen molar-refractivity contribution in [2.24, 2.45) is 0 Å². The molecule has 0 bridgehead atoms. The fraction of sp³-hybridized carbons (Fsp3) is 0.667. The molecule has 3 rings (SSSR count). The lowest BCUT2D eigenvalue weighted by molar-refractivity contribution is -0.156. The Morgan fingerprint density at radius 2 is 1.74 bits per heavy atom. The second-order valence-corrected chi connectivity index (χ2v) is 8.29. The predicted molar refractivity (Wildman–Crippen MR) is 105 cm³/mol. The third kappa shape index (κ3) is 5.29. The normalized spacial score (nSPS) is 26.3. The van der Waals surface area contributed by atoms with Gasteiger partial charge in [0.25, 0.3) is 5.91 Å². The first-order valence-corrected chi connectivity index (χ1v) is 10.1. The maximum atomic E-state index is 12.8. The van der Waals surface area contributed by atoms with Crippen molar-refractivity contribution in [3.63, 3.8) is 0 Å². The van der Waals surface area contributed by atoms with Crippen LogP contribution < -0.4 is 5.32 Å². The molecule has 2 saturated heterocycles. The van der Waals surface area contributed by atoms with Gasteiger partial charge in [0.15, 0.2) is 5.60 Å². The van der Waals surface area contributed by atoms with Gasteiger partial charge in [-0.1, -0.05) is 30.3 Å². The number of hydrogen-bond donors (Lipinski definition) is 3. The zero-order valence-corrected chi connectivity index (χ0v) is 16.4. The summed E-state index contributed by atoms with van der Waals surface area (Å²) in [5.41, 5.74) is -0.910. The van der Waals surface area contributed by atoms with E-state index in [1.54, 1.807) is 4.90 Å². The predicted octanol–water partition coefficient (Wildman–Crippen LogP) is 0.629. The number of carbonyl (C=O) groups excluding carboxylic acids is 1. The molecule has 150 valence electrons. The van der Waals surface area contributed by atoms with Gasteiger partial charge < -0.3 is 25.3 Å². The van der Waals surface area contributed by atoms with Crippen LogP contribution in [-0.4, -0.2) is 83.4 Å². The number of piperidine rings is 2. The highest BCUT2D eigenvalue weighted by molar-refractivity contribution is 5.86. The van der Waals surface area contributed by atoms with Crippen molar-refractivity contribution in [2.45, 2.75) is 43.3 Å². The summed E-state index contributed by atoms with van der Waals surface area (Å²) in [6.45, 7) is 3.68. The van der Waals surface area contributed by atoms with Crippen LogP contribution in [-0.2, 0) is 11.2 Å². The Labute approximate surface area is 162 Å². The highest BCUT2D eigenvalue weighted by atomic mass is 16.3.